The molecule has 0 aliphatic carbocycles. The zero-order valence-electron chi connectivity index (χ0n) is 7.16. The lowest BCUT2D eigenvalue weighted by Gasteiger charge is -1.92. The summed E-state index contributed by atoms with van der Waals surface area (Å²) < 4.78 is 0.995. The molecule has 0 aromatic carbocycles. The summed E-state index contributed by atoms with van der Waals surface area (Å²) in [5.74, 6) is 0.844. The van der Waals surface area contributed by atoms with Crippen LogP contribution in [0.15, 0.2) is 9.72 Å². The van der Waals surface area contributed by atoms with Crippen molar-refractivity contribution in [3.05, 3.63) is 11.1 Å². The number of thiazole rings is 1. The van der Waals surface area contributed by atoms with Crippen LogP contribution in [0.1, 0.15) is 19.0 Å². The SMILES string of the molecule is CCC(=O)CSc1nc(C)cs1. The van der Waals surface area contributed by atoms with Crippen LogP contribution in [-0.4, -0.2) is 16.5 Å². The summed E-state index contributed by atoms with van der Waals surface area (Å²) in [5.41, 5.74) is 1.03. The first-order chi connectivity index (χ1) is 5.72. The summed E-state index contributed by atoms with van der Waals surface area (Å²) in [4.78, 5) is 15.2. The van der Waals surface area contributed by atoms with E-state index in [0.717, 1.165) is 10.0 Å². The van der Waals surface area contributed by atoms with Crippen LogP contribution >= 0.6 is 23.1 Å². The second-order valence-corrected chi connectivity index (χ2v) is 4.52. The predicted octanol–water partition coefficient (Wildman–Crippen LogP) is 2.52. The second-order valence-electron chi connectivity index (χ2n) is 2.44. The lowest BCUT2D eigenvalue weighted by Crippen LogP contribution is -1.97. The number of ketones is 1. The summed E-state index contributed by atoms with van der Waals surface area (Å²) in [6.45, 7) is 3.85. The number of carbonyl (C=O) groups is 1. The molecule has 1 aromatic heterocycles. The van der Waals surface area contributed by atoms with Crippen molar-refractivity contribution in [2.75, 3.05) is 5.75 Å². The van der Waals surface area contributed by atoms with Crippen molar-refractivity contribution in [3.8, 4) is 0 Å². The summed E-state index contributed by atoms with van der Waals surface area (Å²) in [6.07, 6.45) is 0.622. The summed E-state index contributed by atoms with van der Waals surface area (Å²) in [6, 6.07) is 0. The van der Waals surface area contributed by atoms with Crippen LogP contribution < -0.4 is 0 Å². The molecule has 0 aliphatic rings. The molecule has 0 amide bonds. The molecule has 12 heavy (non-hydrogen) atoms. The van der Waals surface area contributed by atoms with E-state index in [1.54, 1.807) is 11.3 Å². The Morgan fingerprint density at radius 1 is 1.75 bits per heavy atom. The third kappa shape index (κ3) is 2.95. The van der Waals surface area contributed by atoms with Crippen LogP contribution in [0.5, 0.6) is 0 Å². The third-order valence-corrected chi connectivity index (χ3v) is 3.55. The first-order valence-electron chi connectivity index (χ1n) is 3.79. The van der Waals surface area contributed by atoms with E-state index in [1.165, 1.54) is 11.8 Å². The zero-order chi connectivity index (χ0) is 8.97. The number of carbonyl (C=O) groups excluding carboxylic acids is 1. The van der Waals surface area contributed by atoms with Gasteiger partial charge in [0.05, 0.1) is 5.75 Å². The summed E-state index contributed by atoms with van der Waals surface area (Å²) in [5, 5.41) is 2.00. The Bertz CT molecular complexity index is 270. The summed E-state index contributed by atoms with van der Waals surface area (Å²) in [7, 11) is 0. The Morgan fingerprint density at radius 2 is 2.50 bits per heavy atom. The fourth-order valence-corrected chi connectivity index (χ4v) is 2.45. The quantitative estimate of drug-likeness (QED) is 0.701. The molecule has 0 unspecified atom stereocenters. The number of hydrogen-bond donors (Lipinski definition) is 0. The van der Waals surface area contributed by atoms with Crippen LogP contribution in [0.2, 0.25) is 0 Å². The van der Waals surface area contributed by atoms with Crippen molar-refractivity contribution < 1.29 is 4.79 Å². The fraction of sp³-hybridized carbons (Fsp3) is 0.500. The largest absolute Gasteiger partial charge is 0.299 e. The highest BCUT2D eigenvalue weighted by atomic mass is 32.2. The van der Waals surface area contributed by atoms with Crippen molar-refractivity contribution in [1.82, 2.24) is 4.98 Å². The standard InChI is InChI=1S/C8H11NOS2/c1-3-7(10)5-12-8-9-6(2)4-11-8/h4H,3,5H2,1-2H3. The van der Waals surface area contributed by atoms with E-state index < -0.39 is 0 Å². The second kappa shape index (κ2) is 4.62. The van der Waals surface area contributed by atoms with Gasteiger partial charge in [-0.05, 0) is 6.92 Å². The van der Waals surface area contributed by atoms with Gasteiger partial charge in [0.15, 0.2) is 4.34 Å². The van der Waals surface area contributed by atoms with Crippen LogP contribution in [0.3, 0.4) is 0 Å². The molecule has 0 atom stereocenters. The molecular weight excluding hydrogens is 190 g/mol. The predicted molar refractivity (Wildman–Crippen MR) is 52.9 cm³/mol. The van der Waals surface area contributed by atoms with Crippen molar-refractivity contribution in [2.24, 2.45) is 0 Å². The average molecular weight is 201 g/mol. The lowest BCUT2D eigenvalue weighted by molar-refractivity contribution is -0.116. The Balaban J connectivity index is 2.38. The van der Waals surface area contributed by atoms with E-state index >= 15 is 0 Å². The maximum atomic E-state index is 10.9. The van der Waals surface area contributed by atoms with Crippen LogP contribution in [0.4, 0.5) is 0 Å². The number of hydrogen-bond acceptors (Lipinski definition) is 4. The zero-order valence-corrected chi connectivity index (χ0v) is 8.80. The minimum absolute atomic E-state index is 0.285. The Kier molecular flexibility index (Phi) is 3.75. The minimum atomic E-state index is 0.285. The van der Waals surface area contributed by atoms with Gasteiger partial charge < -0.3 is 0 Å². The molecule has 0 N–H and O–H groups in total. The molecule has 4 heteroatoms. The topological polar surface area (TPSA) is 30.0 Å². The van der Waals surface area contributed by atoms with Gasteiger partial charge in [-0.3, -0.25) is 4.79 Å². The molecule has 0 bridgehead atoms. The van der Waals surface area contributed by atoms with Gasteiger partial charge in [-0.25, -0.2) is 4.98 Å². The van der Waals surface area contributed by atoms with Gasteiger partial charge >= 0.3 is 0 Å². The molecular formula is C8H11NOS2. The van der Waals surface area contributed by atoms with E-state index in [1.807, 2.05) is 19.2 Å². The summed E-state index contributed by atoms with van der Waals surface area (Å²) >= 11 is 3.13. The Labute approximate surface area is 80.4 Å². The van der Waals surface area contributed by atoms with Crippen LogP contribution in [0, 0.1) is 6.92 Å². The van der Waals surface area contributed by atoms with Crippen molar-refractivity contribution >= 4 is 28.9 Å². The van der Waals surface area contributed by atoms with Crippen molar-refractivity contribution in [3.63, 3.8) is 0 Å². The molecule has 0 saturated carbocycles. The maximum absolute atomic E-state index is 10.9. The van der Waals surface area contributed by atoms with Crippen molar-refractivity contribution in [2.45, 2.75) is 24.6 Å². The first-order valence-corrected chi connectivity index (χ1v) is 5.65. The lowest BCUT2D eigenvalue weighted by atomic mass is 10.4. The normalized spacial score (nSPS) is 10.2. The van der Waals surface area contributed by atoms with E-state index in [-0.39, 0.29) is 5.78 Å². The highest BCUT2D eigenvalue weighted by Gasteiger charge is 2.02. The molecule has 66 valence electrons. The third-order valence-electron chi connectivity index (χ3n) is 1.35. The molecule has 1 rings (SSSR count). The van der Waals surface area contributed by atoms with E-state index in [9.17, 15) is 4.79 Å². The Hall–Kier alpha value is -0.350. The number of aryl methyl sites for hydroxylation is 1. The highest BCUT2D eigenvalue weighted by Crippen LogP contribution is 2.22. The number of aromatic nitrogens is 1. The number of Topliss-reactive ketones (excluding diaryl/α,β-unsaturated/α-hetero) is 1. The fourth-order valence-electron chi connectivity index (χ4n) is 0.643. The van der Waals surface area contributed by atoms with Gasteiger partial charge in [-0.1, -0.05) is 18.7 Å². The minimum Gasteiger partial charge on any atom is -0.299 e. The highest BCUT2D eigenvalue weighted by molar-refractivity contribution is 8.01. The maximum Gasteiger partial charge on any atom is 0.150 e. The van der Waals surface area contributed by atoms with Gasteiger partial charge in [0.25, 0.3) is 0 Å². The monoisotopic (exact) mass is 201 g/mol. The smallest absolute Gasteiger partial charge is 0.150 e. The molecule has 0 saturated heterocycles. The number of nitrogens with zero attached hydrogens (tertiary/aromatic N) is 1. The van der Waals surface area contributed by atoms with Crippen LogP contribution in [0.25, 0.3) is 0 Å². The van der Waals surface area contributed by atoms with E-state index in [0.29, 0.717) is 12.2 Å². The Morgan fingerprint density at radius 3 is 3.00 bits per heavy atom. The molecule has 1 aromatic rings. The van der Waals surface area contributed by atoms with Gasteiger partial charge in [0.1, 0.15) is 5.78 Å². The molecule has 0 spiro atoms. The van der Waals surface area contributed by atoms with E-state index in [4.69, 9.17) is 0 Å². The average Bonchev–Trinajstić information content (AvgIpc) is 2.47. The van der Waals surface area contributed by atoms with Gasteiger partial charge in [0.2, 0.25) is 0 Å². The van der Waals surface area contributed by atoms with Crippen LogP contribution in [-0.2, 0) is 4.79 Å². The van der Waals surface area contributed by atoms with E-state index in [2.05, 4.69) is 4.98 Å². The molecule has 0 fully saturated rings. The molecule has 1 heterocycles. The molecule has 0 aliphatic heterocycles. The van der Waals surface area contributed by atoms with Gasteiger partial charge in [0, 0.05) is 17.5 Å². The molecule has 0 radical (unpaired) electrons. The number of rotatable bonds is 4. The first kappa shape index (κ1) is 9.74. The van der Waals surface area contributed by atoms with Crippen molar-refractivity contribution in [1.29, 1.82) is 0 Å². The van der Waals surface area contributed by atoms with Gasteiger partial charge in [-0.15, -0.1) is 11.3 Å². The van der Waals surface area contributed by atoms with Gasteiger partial charge in [-0.2, -0.15) is 0 Å². The number of thioether (sulfide) groups is 1. The molecule has 2 nitrogen and oxygen atoms in total.